The lowest BCUT2D eigenvalue weighted by atomic mass is 9.92. The summed E-state index contributed by atoms with van der Waals surface area (Å²) in [6.45, 7) is 9.21. The number of carbonyl (C=O) groups excluding carboxylic acids is 1. The average Bonchev–Trinajstić information content (AvgIpc) is 3.65. The van der Waals surface area contributed by atoms with Crippen molar-refractivity contribution in [3.05, 3.63) is 87.4 Å². The van der Waals surface area contributed by atoms with Crippen LogP contribution >= 0.6 is 0 Å². The summed E-state index contributed by atoms with van der Waals surface area (Å²) in [5.41, 5.74) is 2.03. The van der Waals surface area contributed by atoms with E-state index in [1.54, 1.807) is 80.3 Å². The van der Waals surface area contributed by atoms with E-state index in [0.717, 1.165) is 0 Å². The third-order valence-electron chi connectivity index (χ3n) is 8.43. The van der Waals surface area contributed by atoms with Crippen LogP contribution in [0.3, 0.4) is 0 Å². The highest BCUT2D eigenvalue weighted by Gasteiger charge is 2.46. The van der Waals surface area contributed by atoms with Crippen LogP contribution in [-0.2, 0) is 22.9 Å². The molecule has 11 nitrogen and oxygen atoms in total. The second-order valence-electron chi connectivity index (χ2n) is 12.7. The average molecular weight is 618 g/mol. The summed E-state index contributed by atoms with van der Waals surface area (Å²) < 4.78 is 48.0. The van der Waals surface area contributed by atoms with Gasteiger partial charge in [-0.2, -0.15) is 10.2 Å². The number of fused-ring (bicyclic) bond motifs is 5. The lowest BCUT2D eigenvalue weighted by Gasteiger charge is -2.45. The third kappa shape index (κ3) is 4.55. The summed E-state index contributed by atoms with van der Waals surface area (Å²) in [5, 5.41) is 9.37. The molecular weight excluding hydrogens is 584 g/mol. The van der Waals surface area contributed by atoms with Crippen molar-refractivity contribution in [3.8, 4) is 17.2 Å². The molecule has 5 aromatic rings. The van der Waals surface area contributed by atoms with Crippen LogP contribution in [0.4, 0.5) is 13.6 Å². The number of nitrogens with zero attached hydrogens (tertiary/aromatic N) is 7. The number of morpholine rings is 1. The Morgan fingerprint density at radius 1 is 1.04 bits per heavy atom. The van der Waals surface area contributed by atoms with E-state index in [0.29, 0.717) is 52.4 Å². The molecule has 1 amide bonds. The quantitative estimate of drug-likeness (QED) is 0.288. The molecule has 0 radical (unpaired) electrons. The van der Waals surface area contributed by atoms with Crippen LogP contribution in [-0.4, -0.2) is 64.5 Å². The Kier molecular flexibility index (Phi) is 6.52. The molecule has 2 aromatic carbocycles. The zero-order valence-corrected chi connectivity index (χ0v) is 25.8. The van der Waals surface area contributed by atoms with Crippen molar-refractivity contribution >= 4 is 17.0 Å². The molecule has 5 heterocycles. The minimum atomic E-state index is -0.726. The van der Waals surface area contributed by atoms with Gasteiger partial charge in [0.15, 0.2) is 5.82 Å². The molecule has 2 aliphatic rings. The van der Waals surface area contributed by atoms with E-state index in [9.17, 15) is 14.0 Å². The number of carbonyl (C=O) groups is 1. The third-order valence-corrected chi connectivity index (χ3v) is 8.43. The number of hydrogen-bond acceptors (Lipinski definition) is 6. The number of aryl methyl sites for hydroxylation is 3. The second kappa shape index (κ2) is 10.1. The maximum atomic E-state index is 15.7. The summed E-state index contributed by atoms with van der Waals surface area (Å²) in [5.74, 6) is -0.563. The van der Waals surface area contributed by atoms with Gasteiger partial charge in [-0.1, -0.05) is 0 Å². The van der Waals surface area contributed by atoms with Gasteiger partial charge in [0.1, 0.15) is 17.2 Å². The maximum Gasteiger partial charge on any atom is 0.411 e. The Hall–Kier alpha value is -4.78. The first-order valence-electron chi connectivity index (χ1n) is 14.7. The van der Waals surface area contributed by atoms with Crippen LogP contribution in [0.1, 0.15) is 49.2 Å². The maximum absolute atomic E-state index is 15.7. The predicted molar refractivity (Wildman–Crippen MR) is 161 cm³/mol. The molecule has 2 bridgehead atoms. The van der Waals surface area contributed by atoms with Gasteiger partial charge in [0.25, 0.3) is 0 Å². The van der Waals surface area contributed by atoms with Crippen LogP contribution in [0.2, 0.25) is 0 Å². The van der Waals surface area contributed by atoms with Crippen molar-refractivity contribution in [2.24, 2.45) is 7.05 Å². The van der Waals surface area contributed by atoms with Crippen LogP contribution in [0.25, 0.3) is 28.1 Å². The fourth-order valence-corrected chi connectivity index (χ4v) is 6.43. The van der Waals surface area contributed by atoms with E-state index in [1.165, 1.54) is 27.6 Å². The monoisotopic (exact) mass is 617 g/mol. The number of rotatable bonds is 3. The number of benzene rings is 2. The van der Waals surface area contributed by atoms with E-state index in [2.05, 4.69) is 5.10 Å². The van der Waals surface area contributed by atoms with Crippen LogP contribution in [0.5, 0.6) is 0 Å². The van der Waals surface area contributed by atoms with Gasteiger partial charge in [-0.15, -0.1) is 0 Å². The van der Waals surface area contributed by atoms with Gasteiger partial charge in [-0.05, 0) is 70.0 Å². The van der Waals surface area contributed by atoms with Gasteiger partial charge in [0, 0.05) is 31.4 Å². The Balaban J connectivity index is 1.45. The minimum absolute atomic E-state index is 0.0594. The molecule has 1 fully saturated rings. The molecule has 0 N–H and O–H groups in total. The van der Waals surface area contributed by atoms with Gasteiger partial charge >= 0.3 is 11.8 Å². The van der Waals surface area contributed by atoms with Gasteiger partial charge in [0.2, 0.25) is 0 Å². The van der Waals surface area contributed by atoms with Gasteiger partial charge in [-0.3, -0.25) is 18.7 Å². The molecule has 0 unspecified atom stereocenters. The molecule has 13 heteroatoms. The first kappa shape index (κ1) is 29.0. The van der Waals surface area contributed by atoms with Crippen LogP contribution < -0.4 is 5.69 Å². The van der Waals surface area contributed by atoms with E-state index in [-0.39, 0.29) is 29.5 Å². The van der Waals surface area contributed by atoms with Crippen molar-refractivity contribution in [2.75, 3.05) is 13.2 Å². The molecule has 3 aromatic heterocycles. The van der Waals surface area contributed by atoms with Crippen molar-refractivity contribution < 1.29 is 23.0 Å². The largest absolute Gasteiger partial charge is 0.444 e. The van der Waals surface area contributed by atoms with Crippen LogP contribution in [0.15, 0.2) is 47.7 Å². The fourth-order valence-electron chi connectivity index (χ4n) is 6.43. The zero-order valence-electron chi connectivity index (χ0n) is 25.8. The number of imidazole rings is 1. The summed E-state index contributed by atoms with van der Waals surface area (Å²) in [6.07, 6.45) is 4.32. The Morgan fingerprint density at radius 2 is 1.76 bits per heavy atom. The lowest BCUT2D eigenvalue weighted by molar-refractivity contribution is -0.0675. The van der Waals surface area contributed by atoms with E-state index < -0.39 is 29.2 Å². The number of amides is 1. The first-order valence-corrected chi connectivity index (χ1v) is 14.7. The number of hydrogen-bond donors (Lipinski definition) is 0. The van der Waals surface area contributed by atoms with Crippen molar-refractivity contribution in [1.29, 1.82) is 0 Å². The lowest BCUT2D eigenvalue weighted by Crippen LogP contribution is -2.55. The SMILES string of the molecule is Cc1cc(-n2nc3c(c2-n2ccn(-c4ccc5c(cnn5C)c4F)c2=O)[C@@H]2COC[C@H](C3)N2C(=O)OC(C)(C)C)cc(C)c1F. The van der Waals surface area contributed by atoms with E-state index in [4.69, 9.17) is 14.6 Å². The molecule has 45 heavy (non-hydrogen) atoms. The predicted octanol–water partition coefficient (Wildman–Crippen LogP) is 4.83. The topological polar surface area (TPSA) is 101 Å². The van der Waals surface area contributed by atoms with Crippen molar-refractivity contribution in [1.82, 2.24) is 33.6 Å². The Labute approximate surface area is 257 Å². The number of halogens is 2. The van der Waals surface area contributed by atoms with Crippen LogP contribution in [0, 0.1) is 25.5 Å². The summed E-state index contributed by atoms with van der Waals surface area (Å²) >= 11 is 0. The Morgan fingerprint density at radius 3 is 2.47 bits per heavy atom. The standard InChI is InChI=1S/C32H33F2N7O4/c1-17-11-19(12-18(2)27(17)33)41-29(26-22(36-41)13-20-15-44-16-25(26)40(20)31(43)45-32(3,4)5)39-10-9-38(30(39)42)24-8-7-23-21(28(24)34)14-35-37(23)6/h7-12,14,20,25H,13,15-16H2,1-6H3/t20-,25-/m0/s1. The Bertz CT molecular complexity index is 2040. The molecule has 1 saturated heterocycles. The smallest absolute Gasteiger partial charge is 0.411 e. The summed E-state index contributed by atoms with van der Waals surface area (Å²) in [6, 6.07) is 5.62. The highest BCUT2D eigenvalue weighted by Crippen LogP contribution is 2.41. The van der Waals surface area contributed by atoms with Gasteiger partial charge in [0.05, 0.1) is 59.5 Å². The van der Waals surface area contributed by atoms with Crippen molar-refractivity contribution in [3.63, 3.8) is 0 Å². The van der Waals surface area contributed by atoms with E-state index >= 15 is 4.39 Å². The number of ether oxygens (including phenoxy) is 2. The summed E-state index contributed by atoms with van der Waals surface area (Å²) in [7, 11) is 1.72. The number of aromatic nitrogens is 6. The highest BCUT2D eigenvalue weighted by atomic mass is 19.1. The molecule has 7 rings (SSSR count). The molecular formula is C32H33F2N7O4. The minimum Gasteiger partial charge on any atom is -0.444 e. The van der Waals surface area contributed by atoms with E-state index in [1.807, 2.05) is 0 Å². The fraction of sp³-hybridized carbons (Fsp3) is 0.375. The summed E-state index contributed by atoms with van der Waals surface area (Å²) in [4.78, 5) is 29.4. The molecule has 234 valence electrons. The van der Waals surface area contributed by atoms with Crippen molar-refractivity contribution in [2.45, 2.75) is 58.7 Å². The second-order valence-corrected chi connectivity index (χ2v) is 12.7. The zero-order chi connectivity index (χ0) is 31.9. The molecule has 0 aliphatic carbocycles. The molecule has 2 aliphatic heterocycles. The van der Waals surface area contributed by atoms with Gasteiger partial charge in [-0.25, -0.2) is 23.1 Å². The van der Waals surface area contributed by atoms with Gasteiger partial charge < -0.3 is 9.47 Å². The normalized spacial score (nSPS) is 18.0. The first-order chi connectivity index (χ1) is 21.3. The molecule has 2 atom stereocenters. The molecule has 0 spiro atoms. The highest BCUT2D eigenvalue weighted by molar-refractivity contribution is 5.81. The molecule has 0 saturated carbocycles.